The summed E-state index contributed by atoms with van der Waals surface area (Å²) in [6.07, 6.45) is 1.24. The number of ether oxygens (including phenoxy) is 1. The molecule has 2 N–H and O–H groups in total. The van der Waals surface area contributed by atoms with Crippen LogP contribution in [0.3, 0.4) is 0 Å². The van der Waals surface area contributed by atoms with Crippen molar-refractivity contribution in [1.29, 1.82) is 0 Å². The van der Waals surface area contributed by atoms with Crippen molar-refractivity contribution in [2.45, 2.75) is 19.4 Å². The third-order valence-electron chi connectivity index (χ3n) is 2.71. The molecule has 1 rings (SSSR count). The standard InChI is InChI=1S/C13H19NO5S/c1-19-8-2-3-9-20(17,18)14-10-11-4-6-12(7-5-11)13(15)16/h4-7,14H,2-3,8-10H2,1H3,(H,15,16). The van der Waals surface area contributed by atoms with Crippen molar-refractivity contribution in [1.82, 2.24) is 4.72 Å². The number of methoxy groups -OCH3 is 1. The molecule has 0 aliphatic carbocycles. The molecule has 0 unspecified atom stereocenters. The summed E-state index contributed by atoms with van der Waals surface area (Å²) in [6, 6.07) is 6.09. The monoisotopic (exact) mass is 301 g/mol. The number of benzene rings is 1. The number of unbranched alkanes of at least 4 members (excludes halogenated alkanes) is 1. The zero-order valence-corrected chi connectivity index (χ0v) is 12.1. The predicted octanol–water partition coefficient (Wildman–Crippen LogP) is 1.23. The lowest BCUT2D eigenvalue weighted by molar-refractivity contribution is 0.0697. The van der Waals surface area contributed by atoms with Crippen molar-refractivity contribution in [2.75, 3.05) is 19.5 Å². The largest absolute Gasteiger partial charge is 0.478 e. The highest BCUT2D eigenvalue weighted by atomic mass is 32.2. The average molecular weight is 301 g/mol. The van der Waals surface area contributed by atoms with Gasteiger partial charge in [0.1, 0.15) is 0 Å². The molecule has 0 fully saturated rings. The Bertz CT molecular complexity index is 524. The number of hydrogen-bond acceptors (Lipinski definition) is 4. The zero-order chi connectivity index (χ0) is 15.0. The summed E-state index contributed by atoms with van der Waals surface area (Å²) in [4.78, 5) is 10.7. The number of carbonyl (C=O) groups is 1. The summed E-state index contributed by atoms with van der Waals surface area (Å²) in [7, 11) is -1.73. The number of aromatic carboxylic acids is 1. The number of carboxylic acid groups (broad SMARTS) is 1. The Balaban J connectivity index is 2.43. The summed E-state index contributed by atoms with van der Waals surface area (Å²) in [6.45, 7) is 0.707. The van der Waals surface area contributed by atoms with Crippen molar-refractivity contribution < 1.29 is 23.1 Å². The normalized spacial score (nSPS) is 11.4. The molecule has 0 atom stereocenters. The summed E-state index contributed by atoms with van der Waals surface area (Å²) in [5.41, 5.74) is 0.895. The van der Waals surface area contributed by atoms with Crippen LogP contribution in [-0.4, -0.2) is 39.0 Å². The number of nitrogens with one attached hydrogen (secondary N) is 1. The van der Waals surface area contributed by atoms with Gasteiger partial charge < -0.3 is 9.84 Å². The highest BCUT2D eigenvalue weighted by molar-refractivity contribution is 7.89. The average Bonchev–Trinajstić information content (AvgIpc) is 2.42. The van der Waals surface area contributed by atoms with Crippen molar-refractivity contribution in [3.8, 4) is 0 Å². The van der Waals surface area contributed by atoms with E-state index in [2.05, 4.69) is 4.72 Å². The lowest BCUT2D eigenvalue weighted by Crippen LogP contribution is -2.26. The molecule has 0 heterocycles. The van der Waals surface area contributed by atoms with E-state index in [1.807, 2.05) is 0 Å². The molecule has 0 amide bonds. The van der Waals surface area contributed by atoms with E-state index < -0.39 is 16.0 Å². The molecule has 0 saturated carbocycles. The molecule has 0 saturated heterocycles. The lowest BCUT2D eigenvalue weighted by Gasteiger charge is -2.07. The third kappa shape index (κ3) is 6.14. The number of sulfonamides is 1. The lowest BCUT2D eigenvalue weighted by atomic mass is 10.1. The first-order chi connectivity index (χ1) is 9.44. The van der Waals surface area contributed by atoms with Crippen molar-refractivity contribution in [2.24, 2.45) is 0 Å². The van der Waals surface area contributed by atoms with Crippen LogP contribution in [0.15, 0.2) is 24.3 Å². The van der Waals surface area contributed by atoms with Gasteiger partial charge in [-0.1, -0.05) is 12.1 Å². The van der Waals surface area contributed by atoms with Gasteiger partial charge in [0.05, 0.1) is 11.3 Å². The highest BCUT2D eigenvalue weighted by Gasteiger charge is 2.09. The predicted molar refractivity (Wildman–Crippen MR) is 75.1 cm³/mol. The van der Waals surface area contributed by atoms with E-state index in [-0.39, 0.29) is 17.9 Å². The van der Waals surface area contributed by atoms with Gasteiger partial charge in [-0.2, -0.15) is 0 Å². The quantitative estimate of drug-likeness (QED) is 0.669. The maximum atomic E-state index is 11.7. The fourth-order valence-electron chi connectivity index (χ4n) is 1.57. The summed E-state index contributed by atoms with van der Waals surface area (Å²) in [5, 5.41) is 8.75. The van der Waals surface area contributed by atoms with Crippen LogP contribution >= 0.6 is 0 Å². The van der Waals surface area contributed by atoms with Crippen LogP contribution in [0.25, 0.3) is 0 Å². The second-order valence-corrected chi connectivity index (χ2v) is 6.27. The van der Waals surface area contributed by atoms with Crippen LogP contribution in [0, 0.1) is 0 Å². The van der Waals surface area contributed by atoms with Gasteiger partial charge in [0, 0.05) is 20.3 Å². The van der Waals surface area contributed by atoms with Crippen molar-refractivity contribution >= 4 is 16.0 Å². The van der Waals surface area contributed by atoms with E-state index in [9.17, 15) is 13.2 Å². The minimum atomic E-state index is -3.31. The minimum absolute atomic E-state index is 0.0591. The number of rotatable bonds is 9. The van der Waals surface area contributed by atoms with E-state index >= 15 is 0 Å². The van der Waals surface area contributed by atoms with Crippen LogP contribution in [0.2, 0.25) is 0 Å². The van der Waals surface area contributed by atoms with Crippen LogP contribution in [0.5, 0.6) is 0 Å². The molecule has 0 aliphatic heterocycles. The fourth-order valence-corrected chi connectivity index (χ4v) is 2.68. The summed E-state index contributed by atoms with van der Waals surface area (Å²) >= 11 is 0. The van der Waals surface area contributed by atoms with E-state index in [0.29, 0.717) is 19.4 Å². The molecule has 7 heteroatoms. The molecule has 0 aliphatic rings. The molecule has 1 aromatic rings. The third-order valence-corrected chi connectivity index (χ3v) is 4.12. The first-order valence-corrected chi connectivity index (χ1v) is 7.88. The van der Waals surface area contributed by atoms with Gasteiger partial charge in [-0.3, -0.25) is 0 Å². The Morgan fingerprint density at radius 2 is 1.90 bits per heavy atom. The summed E-state index contributed by atoms with van der Waals surface area (Å²) < 4.78 is 30.7. The second kappa shape index (κ2) is 7.98. The molecule has 6 nitrogen and oxygen atoms in total. The molecule has 0 spiro atoms. The van der Waals surface area contributed by atoms with Crippen LogP contribution in [-0.2, 0) is 21.3 Å². The van der Waals surface area contributed by atoms with Gasteiger partial charge >= 0.3 is 5.97 Å². The number of hydrogen-bond donors (Lipinski definition) is 2. The Labute approximate surface area is 118 Å². The minimum Gasteiger partial charge on any atom is -0.478 e. The SMILES string of the molecule is COCCCCS(=O)(=O)NCc1ccc(C(=O)O)cc1. The Hall–Kier alpha value is -1.44. The fraction of sp³-hybridized carbons (Fsp3) is 0.462. The number of carboxylic acids is 1. The van der Waals surface area contributed by atoms with E-state index in [4.69, 9.17) is 9.84 Å². The van der Waals surface area contributed by atoms with E-state index in [1.165, 1.54) is 12.1 Å². The van der Waals surface area contributed by atoms with Gasteiger partial charge in [0.25, 0.3) is 0 Å². The first kappa shape index (κ1) is 16.6. The van der Waals surface area contributed by atoms with Gasteiger partial charge in [-0.25, -0.2) is 17.9 Å². The molecular weight excluding hydrogens is 282 g/mol. The topological polar surface area (TPSA) is 92.7 Å². The molecule has 0 aromatic heterocycles. The highest BCUT2D eigenvalue weighted by Crippen LogP contribution is 2.05. The van der Waals surface area contributed by atoms with E-state index in [1.54, 1.807) is 19.2 Å². The van der Waals surface area contributed by atoms with Gasteiger partial charge in [0.15, 0.2) is 0 Å². The molecule has 1 aromatic carbocycles. The molecule has 112 valence electrons. The summed E-state index contributed by atoms with van der Waals surface area (Å²) in [5.74, 6) is -0.945. The maximum absolute atomic E-state index is 11.7. The van der Waals surface area contributed by atoms with Gasteiger partial charge in [-0.05, 0) is 30.5 Å². The van der Waals surface area contributed by atoms with Crippen LogP contribution in [0.1, 0.15) is 28.8 Å². The van der Waals surface area contributed by atoms with Crippen molar-refractivity contribution in [3.05, 3.63) is 35.4 Å². The Kier molecular flexibility index (Phi) is 6.63. The molecule has 20 heavy (non-hydrogen) atoms. The van der Waals surface area contributed by atoms with Gasteiger partial charge in [0.2, 0.25) is 10.0 Å². The zero-order valence-electron chi connectivity index (χ0n) is 11.3. The van der Waals surface area contributed by atoms with E-state index in [0.717, 1.165) is 5.56 Å². The Morgan fingerprint density at radius 3 is 2.45 bits per heavy atom. The van der Waals surface area contributed by atoms with Gasteiger partial charge in [-0.15, -0.1) is 0 Å². The molecule has 0 radical (unpaired) electrons. The molecule has 0 bridgehead atoms. The van der Waals surface area contributed by atoms with Crippen LogP contribution in [0.4, 0.5) is 0 Å². The second-order valence-electron chi connectivity index (χ2n) is 4.34. The Morgan fingerprint density at radius 1 is 1.25 bits per heavy atom. The molecular formula is C13H19NO5S. The smallest absolute Gasteiger partial charge is 0.335 e. The first-order valence-electron chi connectivity index (χ1n) is 6.23. The van der Waals surface area contributed by atoms with Crippen molar-refractivity contribution in [3.63, 3.8) is 0 Å². The maximum Gasteiger partial charge on any atom is 0.335 e. The van der Waals surface area contributed by atoms with Crippen LogP contribution < -0.4 is 4.72 Å².